The van der Waals surface area contributed by atoms with Crippen molar-refractivity contribution in [2.45, 2.75) is 19.3 Å². The Labute approximate surface area is 119 Å². The van der Waals surface area contributed by atoms with Gasteiger partial charge in [0, 0.05) is 6.07 Å². The molecule has 0 spiro atoms. The van der Waals surface area contributed by atoms with Gasteiger partial charge in [0.25, 0.3) is 0 Å². The number of rotatable bonds is 7. The molecule has 0 heterocycles. The summed E-state index contributed by atoms with van der Waals surface area (Å²) >= 11 is 3.01. The summed E-state index contributed by atoms with van der Waals surface area (Å²) in [6.07, 6.45) is 1.57. The van der Waals surface area contributed by atoms with E-state index in [1.807, 2.05) is 0 Å². The normalized spacial score (nSPS) is 11.6. The van der Waals surface area contributed by atoms with Crippen LogP contribution in [0, 0.1) is 11.6 Å². The summed E-state index contributed by atoms with van der Waals surface area (Å²) in [5.41, 5.74) is 0. The quantitative estimate of drug-likeness (QED) is 0.762. The summed E-state index contributed by atoms with van der Waals surface area (Å²) in [6.45, 7) is 0.214. The predicted molar refractivity (Wildman–Crippen MR) is 71.4 cm³/mol. The van der Waals surface area contributed by atoms with Gasteiger partial charge in [-0.2, -0.15) is 0 Å². The minimum absolute atomic E-state index is 0.0483. The lowest BCUT2D eigenvalue weighted by Gasteiger charge is -2.09. The minimum atomic E-state index is -3.43. The summed E-state index contributed by atoms with van der Waals surface area (Å²) in [6, 6.07) is 1.85. The fraction of sp³-hybridized carbons (Fsp3) is 0.455. The van der Waals surface area contributed by atoms with Crippen molar-refractivity contribution in [2.75, 3.05) is 12.4 Å². The number of primary sulfonamides is 1. The highest BCUT2D eigenvalue weighted by atomic mass is 79.9. The molecule has 0 saturated heterocycles. The molecular formula is C11H14BrF2NO3S. The Hall–Kier alpha value is -0.730. The zero-order valence-corrected chi connectivity index (χ0v) is 12.4. The number of halogens is 3. The number of ether oxygens (including phenoxy) is 1. The van der Waals surface area contributed by atoms with Crippen LogP contribution in [0.3, 0.4) is 0 Å². The fourth-order valence-electron chi connectivity index (χ4n) is 1.42. The molecule has 1 aromatic rings. The highest BCUT2D eigenvalue weighted by Crippen LogP contribution is 2.29. The van der Waals surface area contributed by atoms with Crippen LogP contribution in [0.5, 0.6) is 5.75 Å². The van der Waals surface area contributed by atoms with Crippen LogP contribution in [0.1, 0.15) is 19.3 Å². The maximum Gasteiger partial charge on any atom is 0.209 e. The molecule has 0 atom stereocenters. The van der Waals surface area contributed by atoms with E-state index in [4.69, 9.17) is 9.88 Å². The molecule has 0 unspecified atom stereocenters. The zero-order valence-electron chi connectivity index (χ0n) is 10.0. The molecular weight excluding hydrogens is 344 g/mol. The molecule has 0 amide bonds. The van der Waals surface area contributed by atoms with E-state index in [-0.39, 0.29) is 22.6 Å². The van der Waals surface area contributed by atoms with Crippen LogP contribution in [0.2, 0.25) is 0 Å². The molecule has 0 saturated carbocycles. The van der Waals surface area contributed by atoms with E-state index in [0.29, 0.717) is 19.3 Å². The Morgan fingerprint density at radius 2 is 1.89 bits per heavy atom. The molecule has 0 aliphatic heterocycles. The summed E-state index contributed by atoms with van der Waals surface area (Å²) in [5, 5.41) is 4.84. The molecule has 0 aromatic heterocycles. The van der Waals surface area contributed by atoms with Gasteiger partial charge in [-0.25, -0.2) is 22.3 Å². The smallest absolute Gasteiger partial charge is 0.209 e. The van der Waals surface area contributed by atoms with Crippen LogP contribution >= 0.6 is 15.9 Å². The van der Waals surface area contributed by atoms with Gasteiger partial charge in [-0.1, -0.05) is 0 Å². The molecule has 0 bridgehead atoms. The van der Waals surface area contributed by atoms with Crippen molar-refractivity contribution >= 4 is 26.0 Å². The summed E-state index contributed by atoms with van der Waals surface area (Å²) in [4.78, 5) is 0. The van der Waals surface area contributed by atoms with Crippen LogP contribution in [0.25, 0.3) is 0 Å². The third-order valence-electron chi connectivity index (χ3n) is 2.28. The van der Waals surface area contributed by atoms with Crippen molar-refractivity contribution in [3.8, 4) is 5.75 Å². The van der Waals surface area contributed by atoms with Crippen LogP contribution < -0.4 is 9.88 Å². The van der Waals surface area contributed by atoms with E-state index >= 15 is 0 Å². The summed E-state index contributed by atoms with van der Waals surface area (Å²) in [5.74, 6) is -1.60. The van der Waals surface area contributed by atoms with Gasteiger partial charge < -0.3 is 4.74 Å². The Balaban J connectivity index is 2.34. The molecule has 1 rings (SSSR count). The lowest BCUT2D eigenvalue weighted by molar-refractivity contribution is 0.288. The number of benzene rings is 1. The molecule has 19 heavy (non-hydrogen) atoms. The van der Waals surface area contributed by atoms with E-state index in [9.17, 15) is 17.2 Å². The number of nitrogens with two attached hydrogens (primary N) is 1. The van der Waals surface area contributed by atoms with Crippen LogP contribution in [-0.2, 0) is 10.0 Å². The first-order chi connectivity index (χ1) is 8.79. The Kier molecular flexibility index (Phi) is 6.15. The Bertz CT molecular complexity index is 514. The van der Waals surface area contributed by atoms with E-state index < -0.39 is 21.7 Å². The molecule has 0 radical (unpaired) electrons. The van der Waals surface area contributed by atoms with Crippen LogP contribution in [0.15, 0.2) is 16.6 Å². The predicted octanol–water partition coefficient (Wildman–Crippen LogP) is 2.56. The molecule has 1 aromatic carbocycles. The zero-order chi connectivity index (χ0) is 14.5. The second-order valence-electron chi connectivity index (χ2n) is 3.97. The second kappa shape index (κ2) is 7.16. The molecule has 0 aliphatic rings. The van der Waals surface area contributed by atoms with E-state index in [2.05, 4.69) is 15.9 Å². The van der Waals surface area contributed by atoms with Gasteiger partial charge >= 0.3 is 0 Å². The first-order valence-electron chi connectivity index (χ1n) is 5.57. The molecule has 4 nitrogen and oxygen atoms in total. The average Bonchev–Trinajstić information content (AvgIpc) is 2.24. The van der Waals surface area contributed by atoms with Crippen molar-refractivity contribution in [1.29, 1.82) is 0 Å². The topological polar surface area (TPSA) is 69.4 Å². The number of hydrogen-bond donors (Lipinski definition) is 1. The number of sulfonamides is 1. The van der Waals surface area contributed by atoms with Gasteiger partial charge in [-0.3, -0.25) is 0 Å². The molecule has 108 valence electrons. The molecule has 2 N–H and O–H groups in total. The Morgan fingerprint density at radius 1 is 1.21 bits per heavy atom. The first-order valence-corrected chi connectivity index (χ1v) is 8.08. The highest BCUT2D eigenvalue weighted by Gasteiger charge is 2.10. The maximum atomic E-state index is 13.4. The third kappa shape index (κ3) is 6.31. The number of unbranched alkanes of at least 4 members (excludes halogenated alkanes) is 2. The van der Waals surface area contributed by atoms with Crippen molar-refractivity contribution < 1.29 is 21.9 Å². The minimum Gasteiger partial charge on any atom is -0.489 e. The lowest BCUT2D eigenvalue weighted by Crippen LogP contribution is -2.16. The van der Waals surface area contributed by atoms with E-state index in [0.717, 1.165) is 12.1 Å². The van der Waals surface area contributed by atoms with Gasteiger partial charge in [-0.05, 0) is 41.3 Å². The van der Waals surface area contributed by atoms with Gasteiger partial charge in [0.05, 0.1) is 16.8 Å². The Morgan fingerprint density at radius 3 is 2.47 bits per heavy atom. The van der Waals surface area contributed by atoms with E-state index in [1.54, 1.807) is 0 Å². The van der Waals surface area contributed by atoms with Crippen molar-refractivity contribution in [2.24, 2.45) is 5.14 Å². The monoisotopic (exact) mass is 357 g/mol. The standard InChI is InChI=1S/C11H14BrF2NO3S/c12-9-6-8(13)7-10(14)11(9)18-4-2-1-3-5-19(15,16)17/h6-7H,1-5H2,(H2,15,16,17). The molecule has 8 heteroatoms. The van der Waals surface area contributed by atoms with Crippen LogP contribution in [-0.4, -0.2) is 20.8 Å². The summed E-state index contributed by atoms with van der Waals surface area (Å²) in [7, 11) is -3.43. The van der Waals surface area contributed by atoms with Gasteiger partial charge in [0.2, 0.25) is 10.0 Å². The average molecular weight is 358 g/mol. The maximum absolute atomic E-state index is 13.4. The van der Waals surface area contributed by atoms with Gasteiger partial charge in [0.1, 0.15) is 5.82 Å². The fourth-order valence-corrected chi connectivity index (χ4v) is 2.55. The number of hydrogen-bond acceptors (Lipinski definition) is 3. The second-order valence-corrected chi connectivity index (χ2v) is 6.56. The van der Waals surface area contributed by atoms with Crippen molar-refractivity contribution in [3.63, 3.8) is 0 Å². The van der Waals surface area contributed by atoms with E-state index in [1.165, 1.54) is 0 Å². The SMILES string of the molecule is NS(=O)(=O)CCCCCOc1c(F)cc(F)cc1Br. The molecule has 0 aliphatic carbocycles. The molecule has 0 fully saturated rings. The third-order valence-corrected chi connectivity index (χ3v) is 3.73. The largest absolute Gasteiger partial charge is 0.489 e. The van der Waals surface area contributed by atoms with Gasteiger partial charge in [-0.15, -0.1) is 0 Å². The first kappa shape index (κ1) is 16.3. The van der Waals surface area contributed by atoms with Crippen molar-refractivity contribution in [3.05, 3.63) is 28.2 Å². The van der Waals surface area contributed by atoms with Gasteiger partial charge in [0.15, 0.2) is 11.6 Å². The van der Waals surface area contributed by atoms with Crippen molar-refractivity contribution in [1.82, 2.24) is 0 Å². The van der Waals surface area contributed by atoms with Crippen LogP contribution in [0.4, 0.5) is 8.78 Å². The summed E-state index contributed by atoms with van der Waals surface area (Å²) < 4.78 is 52.9. The highest BCUT2D eigenvalue weighted by molar-refractivity contribution is 9.10. The lowest BCUT2D eigenvalue weighted by atomic mass is 10.2.